The molecule has 0 unspecified atom stereocenters. The van der Waals surface area contributed by atoms with Gasteiger partial charge in [-0.05, 0) is 44.4 Å². The minimum Gasteiger partial charge on any atom is -0.497 e. The third-order valence-corrected chi connectivity index (χ3v) is 6.00. The van der Waals surface area contributed by atoms with Crippen LogP contribution in [0.3, 0.4) is 0 Å². The SMILES string of the molecule is COc1ccc([C@H]2Cn3cnc(C(=O)N4CCC(C(=O)NC(C)C)CC4)c3CO2)cc1. The first-order valence-corrected chi connectivity index (χ1v) is 10.9. The smallest absolute Gasteiger partial charge is 0.274 e. The van der Waals surface area contributed by atoms with E-state index in [4.69, 9.17) is 9.47 Å². The number of nitrogens with zero attached hydrogens (tertiary/aromatic N) is 3. The van der Waals surface area contributed by atoms with Crippen LogP contribution in [-0.4, -0.2) is 52.5 Å². The van der Waals surface area contributed by atoms with E-state index in [1.807, 2.05) is 42.7 Å². The number of methoxy groups -OCH3 is 1. The molecule has 1 fully saturated rings. The fourth-order valence-corrected chi connectivity index (χ4v) is 4.22. The van der Waals surface area contributed by atoms with Crippen molar-refractivity contribution in [3.63, 3.8) is 0 Å². The van der Waals surface area contributed by atoms with Gasteiger partial charge in [-0.25, -0.2) is 4.98 Å². The molecule has 1 saturated heterocycles. The molecular weight excluding hydrogens is 396 g/mol. The first-order valence-electron chi connectivity index (χ1n) is 10.9. The fraction of sp³-hybridized carbons (Fsp3) is 0.522. The molecule has 31 heavy (non-hydrogen) atoms. The zero-order valence-electron chi connectivity index (χ0n) is 18.3. The van der Waals surface area contributed by atoms with E-state index in [9.17, 15) is 9.59 Å². The lowest BCUT2D eigenvalue weighted by Crippen LogP contribution is -2.44. The average Bonchev–Trinajstić information content (AvgIpc) is 3.21. The average molecular weight is 427 g/mol. The van der Waals surface area contributed by atoms with Crippen LogP contribution < -0.4 is 10.1 Å². The van der Waals surface area contributed by atoms with Crippen molar-refractivity contribution in [3.8, 4) is 5.75 Å². The Bertz CT molecular complexity index is 930. The van der Waals surface area contributed by atoms with Gasteiger partial charge >= 0.3 is 0 Å². The minimum atomic E-state index is -0.0919. The van der Waals surface area contributed by atoms with Gasteiger partial charge in [-0.2, -0.15) is 0 Å². The fourth-order valence-electron chi connectivity index (χ4n) is 4.22. The van der Waals surface area contributed by atoms with Crippen LogP contribution in [0, 0.1) is 5.92 Å². The van der Waals surface area contributed by atoms with Gasteiger partial charge in [-0.15, -0.1) is 0 Å². The number of nitrogens with one attached hydrogen (secondary N) is 1. The number of rotatable bonds is 5. The van der Waals surface area contributed by atoms with Crippen LogP contribution >= 0.6 is 0 Å². The number of likely N-dealkylation sites (tertiary alicyclic amines) is 1. The van der Waals surface area contributed by atoms with Crippen molar-refractivity contribution < 1.29 is 19.1 Å². The predicted molar refractivity (Wildman–Crippen MR) is 115 cm³/mol. The third-order valence-electron chi connectivity index (χ3n) is 6.00. The van der Waals surface area contributed by atoms with E-state index in [0.29, 0.717) is 44.8 Å². The van der Waals surface area contributed by atoms with E-state index >= 15 is 0 Å². The van der Waals surface area contributed by atoms with Gasteiger partial charge in [-0.1, -0.05) is 12.1 Å². The lowest BCUT2D eigenvalue weighted by Gasteiger charge is -2.32. The van der Waals surface area contributed by atoms with Crippen molar-refractivity contribution in [2.45, 2.75) is 52.0 Å². The summed E-state index contributed by atoms with van der Waals surface area (Å²) in [6, 6.07) is 7.96. The molecule has 1 N–H and O–H groups in total. The van der Waals surface area contributed by atoms with Gasteiger partial charge in [0.25, 0.3) is 5.91 Å². The number of piperidine rings is 1. The lowest BCUT2D eigenvalue weighted by atomic mass is 9.95. The number of carbonyl (C=O) groups is 2. The Morgan fingerprint density at radius 2 is 1.90 bits per heavy atom. The molecule has 2 aromatic rings. The van der Waals surface area contributed by atoms with E-state index < -0.39 is 0 Å². The van der Waals surface area contributed by atoms with E-state index in [-0.39, 0.29) is 29.9 Å². The second kappa shape index (κ2) is 9.09. The molecule has 0 saturated carbocycles. The Morgan fingerprint density at radius 3 is 2.55 bits per heavy atom. The second-order valence-electron chi connectivity index (χ2n) is 8.49. The van der Waals surface area contributed by atoms with Gasteiger partial charge in [0, 0.05) is 25.0 Å². The lowest BCUT2D eigenvalue weighted by molar-refractivity contribution is -0.126. The van der Waals surface area contributed by atoms with E-state index in [0.717, 1.165) is 17.0 Å². The summed E-state index contributed by atoms with van der Waals surface area (Å²) in [6.07, 6.45) is 2.99. The number of ether oxygens (including phenoxy) is 2. The van der Waals surface area contributed by atoms with Crippen molar-refractivity contribution in [2.75, 3.05) is 20.2 Å². The molecule has 0 aliphatic carbocycles. The second-order valence-corrected chi connectivity index (χ2v) is 8.49. The molecule has 8 nitrogen and oxygen atoms in total. The number of benzene rings is 1. The normalized spacial score (nSPS) is 19.2. The van der Waals surface area contributed by atoms with Gasteiger partial charge in [0.1, 0.15) is 11.9 Å². The van der Waals surface area contributed by atoms with Crippen LogP contribution in [0.2, 0.25) is 0 Å². The van der Waals surface area contributed by atoms with Crippen molar-refractivity contribution >= 4 is 11.8 Å². The third kappa shape index (κ3) is 4.58. The summed E-state index contributed by atoms with van der Waals surface area (Å²) in [6.45, 7) is 6.00. The molecule has 1 aromatic heterocycles. The topological polar surface area (TPSA) is 85.7 Å². The van der Waals surface area contributed by atoms with Crippen LogP contribution in [0.25, 0.3) is 0 Å². The monoisotopic (exact) mass is 426 g/mol. The first kappa shape index (κ1) is 21.4. The Morgan fingerprint density at radius 1 is 1.19 bits per heavy atom. The molecule has 4 rings (SSSR count). The van der Waals surface area contributed by atoms with Gasteiger partial charge in [0.2, 0.25) is 5.91 Å². The summed E-state index contributed by atoms with van der Waals surface area (Å²) in [5, 5.41) is 2.97. The van der Waals surface area contributed by atoms with Crippen molar-refractivity contribution in [1.82, 2.24) is 19.8 Å². The van der Waals surface area contributed by atoms with E-state index in [2.05, 4.69) is 10.3 Å². The largest absolute Gasteiger partial charge is 0.497 e. The predicted octanol–water partition coefficient (Wildman–Crippen LogP) is 2.54. The first-order chi connectivity index (χ1) is 15.0. The van der Waals surface area contributed by atoms with Crippen LogP contribution in [-0.2, 0) is 22.7 Å². The summed E-state index contributed by atoms with van der Waals surface area (Å²) < 4.78 is 13.3. The quantitative estimate of drug-likeness (QED) is 0.794. The molecule has 2 amide bonds. The Kier molecular flexibility index (Phi) is 6.27. The Hall–Kier alpha value is -2.87. The van der Waals surface area contributed by atoms with Crippen LogP contribution in [0.5, 0.6) is 5.75 Å². The zero-order chi connectivity index (χ0) is 22.0. The minimum absolute atomic E-state index is 0.0315. The number of hydrogen-bond donors (Lipinski definition) is 1. The summed E-state index contributed by atoms with van der Waals surface area (Å²) in [7, 11) is 1.64. The Balaban J connectivity index is 1.38. The molecule has 166 valence electrons. The molecule has 0 bridgehead atoms. The summed E-state index contributed by atoms with van der Waals surface area (Å²) >= 11 is 0. The van der Waals surface area contributed by atoms with E-state index in [1.54, 1.807) is 18.3 Å². The van der Waals surface area contributed by atoms with Crippen molar-refractivity contribution in [2.24, 2.45) is 5.92 Å². The number of fused-ring (bicyclic) bond motifs is 1. The molecule has 2 aliphatic heterocycles. The summed E-state index contributed by atoms with van der Waals surface area (Å²) in [4.78, 5) is 31.5. The zero-order valence-corrected chi connectivity index (χ0v) is 18.3. The number of aromatic nitrogens is 2. The van der Waals surface area contributed by atoms with Crippen LogP contribution in [0.4, 0.5) is 0 Å². The highest BCUT2D eigenvalue weighted by molar-refractivity contribution is 5.93. The van der Waals surface area contributed by atoms with Gasteiger partial charge in [0.05, 0.1) is 32.3 Å². The maximum atomic E-state index is 13.1. The highest BCUT2D eigenvalue weighted by Gasteiger charge is 2.32. The summed E-state index contributed by atoms with van der Waals surface area (Å²) in [5.74, 6) is 0.777. The standard InChI is InChI=1S/C23H30N4O4/c1-15(2)25-22(28)17-8-10-26(11-9-17)23(29)21-19-13-31-20(12-27(19)14-24-21)16-4-6-18(30-3)7-5-16/h4-7,14-15,17,20H,8-13H2,1-3H3,(H,25,28)/t20-/m1/s1. The molecule has 1 aromatic carbocycles. The number of hydrogen-bond acceptors (Lipinski definition) is 5. The maximum absolute atomic E-state index is 13.1. The molecule has 2 aliphatic rings. The van der Waals surface area contributed by atoms with Gasteiger partial charge in [-0.3, -0.25) is 9.59 Å². The summed E-state index contributed by atoms with van der Waals surface area (Å²) in [5.41, 5.74) is 2.34. The molecule has 8 heteroatoms. The van der Waals surface area contributed by atoms with Crippen LogP contribution in [0.1, 0.15) is 54.5 Å². The van der Waals surface area contributed by atoms with Gasteiger partial charge < -0.3 is 24.3 Å². The highest BCUT2D eigenvalue weighted by Crippen LogP contribution is 2.29. The van der Waals surface area contributed by atoms with Crippen molar-refractivity contribution in [3.05, 3.63) is 47.5 Å². The number of imidazole rings is 1. The molecule has 0 radical (unpaired) electrons. The number of amides is 2. The Labute approximate surface area is 182 Å². The molecule has 1 atom stereocenters. The maximum Gasteiger partial charge on any atom is 0.274 e. The van der Waals surface area contributed by atoms with E-state index in [1.165, 1.54) is 0 Å². The molecule has 3 heterocycles. The van der Waals surface area contributed by atoms with Crippen LogP contribution in [0.15, 0.2) is 30.6 Å². The molecular formula is C23H30N4O4. The van der Waals surface area contributed by atoms with Gasteiger partial charge in [0.15, 0.2) is 5.69 Å². The number of carbonyl (C=O) groups excluding carboxylic acids is 2. The van der Waals surface area contributed by atoms with Crippen molar-refractivity contribution in [1.29, 1.82) is 0 Å². The highest BCUT2D eigenvalue weighted by atomic mass is 16.5. The molecule has 0 spiro atoms.